The number of benzene rings is 1. The summed E-state index contributed by atoms with van der Waals surface area (Å²) in [5.41, 5.74) is -0.421. The van der Waals surface area contributed by atoms with Crippen molar-refractivity contribution < 1.29 is 37.2 Å². The van der Waals surface area contributed by atoms with E-state index in [1.807, 2.05) is 0 Å². The largest absolute Gasteiger partial charge is 0.529 e. The molecule has 150 valence electrons. The van der Waals surface area contributed by atoms with E-state index in [-0.39, 0.29) is 17.9 Å². The molecule has 9 nitrogen and oxygen atoms in total. The third-order valence-corrected chi connectivity index (χ3v) is 4.06. The molecule has 27 heavy (non-hydrogen) atoms. The van der Waals surface area contributed by atoms with E-state index >= 15 is 0 Å². The number of carbonyl (C=O) groups excluding carboxylic acids is 2. The molecule has 0 aliphatic rings. The summed E-state index contributed by atoms with van der Waals surface area (Å²) in [7, 11) is -1.58. The minimum atomic E-state index is -3.84. The van der Waals surface area contributed by atoms with Crippen molar-refractivity contribution in [2.45, 2.75) is 26.4 Å². The van der Waals surface area contributed by atoms with Crippen LogP contribution in [0.1, 0.15) is 31.1 Å². The second-order valence-corrected chi connectivity index (χ2v) is 7.95. The van der Waals surface area contributed by atoms with Crippen molar-refractivity contribution in [3.05, 3.63) is 47.9 Å². The molecule has 0 aliphatic carbocycles. The lowest BCUT2D eigenvalue weighted by molar-refractivity contribution is 0.0494. The molecule has 0 fully saturated rings. The van der Waals surface area contributed by atoms with Crippen LogP contribution in [0.5, 0.6) is 0 Å². The zero-order valence-corrected chi connectivity index (χ0v) is 16.8. The standard InChI is InChI=1S/C17H24NO8P/c1-17(2,3)26-16(20)18-11-14(12-24-27(21,22-4)23-5)25-15(19)13-9-7-6-8-10-13/h6-10,12H,11H2,1-5H3,(H,18,20)/b14-12-. The number of hydrogen-bond donors (Lipinski definition) is 1. The van der Waals surface area contributed by atoms with E-state index in [0.29, 0.717) is 0 Å². The maximum Gasteiger partial charge on any atom is 0.529 e. The quantitative estimate of drug-likeness (QED) is 0.400. The first kappa shape index (κ1) is 22.7. The highest BCUT2D eigenvalue weighted by Crippen LogP contribution is 2.48. The number of esters is 1. The first-order valence-corrected chi connectivity index (χ1v) is 9.37. The van der Waals surface area contributed by atoms with E-state index in [9.17, 15) is 14.2 Å². The third kappa shape index (κ3) is 8.72. The molecule has 0 aliphatic heterocycles. The number of hydrogen-bond acceptors (Lipinski definition) is 8. The Labute approximate surface area is 158 Å². The molecule has 1 aromatic rings. The van der Waals surface area contributed by atoms with Crippen molar-refractivity contribution >= 4 is 19.9 Å². The summed E-state index contributed by atoms with van der Waals surface area (Å²) < 4.78 is 36.5. The van der Waals surface area contributed by atoms with Crippen LogP contribution in [0.25, 0.3) is 0 Å². The topological polar surface area (TPSA) is 109 Å². The van der Waals surface area contributed by atoms with Crippen LogP contribution in [0.15, 0.2) is 42.4 Å². The van der Waals surface area contributed by atoms with Gasteiger partial charge in [0.15, 0.2) is 5.76 Å². The molecule has 0 unspecified atom stereocenters. The Balaban J connectivity index is 2.87. The summed E-state index contributed by atoms with van der Waals surface area (Å²) in [5.74, 6) is -0.829. The lowest BCUT2D eigenvalue weighted by atomic mass is 10.2. The van der Waals surface area contributed by atoms with Gasteiger partial charge >= 0.3 is 19.9 Å². The molecule has 0 atom stereocenters. The first-order chi connectivity index (χ1) is 12.6. The van der Waals surface area contributed by atoms with Gasteiger partial charge in [-0.15, -0.1) is 0 Å². The van der Waals surface area contributed by atoms with Crippen molar-refractivity contribution in [2.75, 3.05) is 20.8 Å². The van der Waals surface area contributed by atoms with Crippen LogP contribution >= 0.6 is 7.82 Å². The summed E-state index contributed by atoms with van der Waals surface area (Å²) in [6.07, 6.45) is 0.150. The van der Waals surface area contributed by atoms with E-state index in [0.717, 1.165) is 20.5 Å². The molecule has 0 radical (unpaired) electrons. The van der Waals surface area contributed by atoms with Gasteiger partial charge < -0.3 is 19.3 Å². The molecule has 1 aromatic carbocycles. The van der Waals surface area contributed by atoms with Gasteiger partial charge in [-0.1, -0.05) is 18.2 Å². The normalized spacial score (nSPS) is 12.3. The number of rotatable bonds is 8. The maximum absolute atomic E-state index is 12.2. The van der Waals surface area contributed by atoms with Crippen molar-refractivity contribution in [2.24, 2.45) is 0 Å². The molecule has 1 rings (SSSR count). The average molecular weight is 401 g/mol. The van der Waals surface area contributed by atoms with Gasteiger partial charge in [0.1, 0.15) is 11.9 Å². The Kier molecular flexibility index (Phi) is 8.49. The van der Waals surface area contributed by atoms with Crippen molar-refractivity contribution in [1.29, 1.82) is 0 Å². The van der Waals surface area contributed by atoms with E-state index < -0.39 is 25.5 Å². The Bertz CT molecular complexity index is 703. The highest BCUT2D eigenvalue weighted by atomic mass is 31.2. The number of phosphoric ester groups is 1. The van der Waals surface area contributed by atoms with E-state index in [1.165, 1.54) is 0 Å². The molecule has 1 N–H and O–H groups in total. The SMILES string of the molecule is COP(=O)(OC)O/C=C(/CNC(=O)OC(C)(C)C)OC(=O)c1ccccc1. The molecule has 0 aromatic heterocycles. The highest BCUT2D eigenvalue weighted by Gasteiger charge is 2.24. The molecular formula is C17H24NO8P. The number of carbonyl (C=O) groups is 2. The van der Waals surface area contributed by atoms with Gasteiger partial charge in [0, 0.05) is 14.2 Å². The zero-order chi connectivity index (χ0) is 20.5. The van der Waals surface area contributed by atoms with Crippen LogP contribution in [-0.2, 0) is 27.6 Å². The predicted molar refractivity (Wildman–Crippen MR) is 96.9 cm³/mol. The van der Waals surface area contributed by atoms with E-state index in [2.05, 4.69) is 14.4 Å². The summed E-state index contributed by atoms with van der Waals surface area (Å²) in [5, 5.41) is 2.41. The first-order valence-electron chi connectivity index (χ1n) is 7.91. The Morgan fingerprint density at radius 1 is 1.11 bits per heavy atom. The Morgan fingerprint density at radius 3 is 2.22 bits per heavy atom. The van der Waals surface area contributed by atoms with Crippen LogP contribution in [0, 0.1) is 0 Å². The average Bonchev–Trinajstić information content (AvgIpc) is 2.62. The number of amides is 1. The van der Waals surface area contributed by atoms with Gasteiger partial charge in [-0.05, 0) is 32.9 Å². The van der Waals surface area contributed by atoms with Crippen molar-refractivity contribution in [3.63, 3.8) is 0 Å². The molecule has 1 amide bonds. The predicted octanol–water partition coefficient (Wildman–Crippen LogP) is 3.63. The van der Waals surface area contributed by atoms with Crippen LogP contribution in [-0.4, -0.2) is 38.4 Å². The Hall–Kier alpha value is -2.35. The van der Waals surface area contributed by atoms with Gasteiger partial charge in [0.2, 0.25) is 0 Å². The minimum absolute atomic E-state index is 0.135. The minimum Gasteiger partial charge on any atom is -0.444 e. The lowest BCUT2D eigenvalue weighted by Gasteiger charge is -2.20. The van der Waals surface area contributed by atoms with Gasteiger partial charge in [0.05, 0.1) is 12.1 Å². The highest BCUT2D eigenvalue weighted by molar-refractivity contribution is 7.48. The molecule has 0 saturated carbocycles. The number of nitrogens with one attached hydrogen (secondary N) is 1. The van der Waals surface area contributed by atoms with Gasteiger partial charge in [-0.3, -0.25) is 9.05 Å². The van der Waals surface area contributed by atoms with E-state index in [4.69, 9.17) is 14.0 Å². The second-order valence-electron chi connectivity index (χ2n) is 6.11. The summed E-state index contributed by atoms with van der Waals surface area (Å²) >= 11 is 0. The Morgan fingerprint density at radius 2 is 1.70 bits per heavy atom. The summed E-state index contributed by atoms with van der Waals surface area (Å²) in [6.45, 7) is 4.85. The molecular weight excluding hydrogens is 377 g/mol. The van der Waals surface area contributed by atoms with Gasteiger partial charge in [-0.2, -0.15) is 0 Å². The van der Waals surface area contributed by atoms with Crippen LogP contribution in [0.2, 0.25) is 0 Å². The zero-order valence-electron chi connectivity index (χ0n) is 15.9. The number of alkyl carbamates (subject to hydrolysis) is 1. The van der Waals surface area contributed by atoms with Crippen LogP contribution < -0.4 is 5.32 Å². The number of ether oxygens (including phenoxy) is 2. The van der Waals surface area contributed by atoms with Crippen molar-refractivity contribution in [3.8, 4) is 0 Å². The molecule has 0 saturated heterocycles. The van der Waals surface area contributed by atoms with Gasteiger partial charge in [0.25, 0.3) is 0 Å². The smallest absolute Gasteiger partial charge is 0.444 e. The lowest BCUT2D eigenvalue weighted by Crippen LogP contribution is -2.34. The molecule has 10 heteroatoms. The fourth-order valence-corrected chi connectivity index (χ4v) is 2.18. The molecule has 0 spiro atoms. The monoisotopic (exact) mass is 401 g/mol. The van der Waals surface area contributed by atoms with Gasteiger partial charge in [-0.25, -0.2) is 14.2 Å². The fourth-order valence-electron chi connectivity index (χ4n) is 1.61. The summed E-state index contributed by atoms with van der Waals surface area (Å²) in [6, 6.07) is 8.18. The summed E-state index contributed by atoms with van der Waals surface area (Å²) in [4.78, 5) is 24.0. The number of phosphoric acid groups is 1. The van der Waals surface area contributed by atoms with Crippen molar-refractivity contribution in [1.82, 2.24) is 5.32 Å². The molecule has 0 heterocycles. The second kappa shape index (κ2) is 10.1. The maximum atomic E-state index is 12.2. The van der Waals surface area contributed by atoms with Crippen LogP contribution in [0.4, 0.5) is 4.79 Å². The fraction of sp³-hybridized carbons (Fsp3) is 0.412. The third-order valence-electron chi connectivity index (χ3n) is 2.80. The van der Waals surface area contributed by atoms with Crippen LogP contribution in [0.3, 0.4) is 0 Å². The van der Waals surface area contributed by atoms with E-state index in [1.54, 1.807) is 51.1 Å². The molecule has 0 bridgehead atoms.